The summed E-state index contributed by atoms with van der Waals surface area (Å²) >= 11 is 0. The van der Waals surface area contributed by atoms with Crippen LogP contribution in [0.25, 0.3) is 0 Å². The van der Waals surface area contributed by atoms with E-state index in [2.05, 4.69) is 0 Å². The standard InChI is InChI=1S/C14H17FO2/c1-14(2,3)17-13(16)11-6-4-5-10(12(11)15)9-7-8-9/h4-6,9H,7-8H2,1-3H3. The van der Waals surface area contributed by atoms with Crippen molar-refractivity contribution in [3.05, 3.63) is 35.1 Å². The van der Waals surface area contributed by atoms with E-state index in [9.17, 15) is 9.18 Å². The molecule has 1 aromatic rings. The summed E-state index contributed by atoms with van der Waals surface area (Å²) < 4.78 is 19.3. The van der Waals surface area contributed by atoms with Crippen LogP contribution in [0.5, 0.6) is 0 Å². The van der Waals surface area contributed by atoms with Crippen LogP contribution in [0.1, 0.15) is 55.5 Å². The molecule has 2 rings (SSSR count). The molecule has 92 valence electrons. The summed E-state index contributed by atoms with van der Waals surface area (Å²) in [5, 5.41) is 0. The molecule has 0 bridgehead atoms. The first-order chi connectivity index (χ1) is 7.88. The van der Waals surface area contributed by atoms with Crippen molar-refractivity contribution in [2.24, 2.45) is 0 Å². The number of hydrogen-bond donors (Lipinski definition) is 0. The topological polar surface area (TPSA) is 26.3 Å². The molecule has 0 aromatic heterocycles. The van der Waals surface area contributed by atoms with Gasteiger partial charge in [0.05, 0.1) is 5.56 Å². The molecule has 1 aliphatic carbocycles. The lowest BCUT2D eigenvalue weighted by Gasteiger charge is -2.20. The first-order valence-corrected chi connectivity index (χ1v) is 5.90. The van der Waals surface area contributed by atoms with Crippen LogP contribution in [0.2, 0.25) is 0 Å². The van der Waals surface area contributed by atoms with Gasteiger partial charge < -0.3 is 4.74 Å². The van der Waals surface area contributed by atoms with Crippen molar-refractivity contribution < 1.29 is 13.9 Å². The molecule has 1 aliphatic rings. The van der Waals surface area contributed by atoms with Gasteiger partial charge in [-0.15, -0.1) is 0 Å². The number of hydrogen-bond acceptors (Lipinski definition) is 2. The van der Waals surface area contributed by atoms with E-state index in [-0.39, 0.29) is 11.5 Å². The summed E-state index contributed by atoms with van der Waals surface area (Å²) in [5.41, 5.74) is 0.0942. The fraction of sp³-hybridized carbons (Fsp3) is 0.500. The number of carbonyl (C=O) groups excluding carboxylic acids is 1. The smallest absolute Gasteiger partial charge is 0.341 e. The van der Waals surface area contributed by atoms with E-state index < -0.39 is 17.4 Å². The van der Waals surface area contributed by atoms with Gasteiger partial charge >= 0.3 is 5.97 Å². The minimum atomic E-state index is -0.598. The third-order valence-electron chi connectivity index (χ3n) is 2.66. The zero-order chi connectivity index (χ0) is 12.6. The molecule has 17 heavy (non-hydrogen) atoms. The largest absolute Gasteiger partial charge is 0.456 e. The summed E-state index contributed by atoms with van der Waals surface area (Å²) in [6.07, 6.45) is 2.02. The van der Waals surface area contributed by atoms with Crippen LogP contribution >= 0.6 is 0 Å². The predicted molar refractivity (Wildman–Crippen MR) is 63.5 cm³/mol. The fourth-order valence-corrected chi connectivity index (χ4v) is 1.75. The highest BCUT2D eigenvalue weighted by Gasteiger charge is 2.29. The molecule has 0 aliphatic heterocycles. The van der Waals surface area contributed by atoms with E-state index in [0.29, 0.717) is 5.56 Å². The molecule has 0 amide bonds. The second-order valence-corrected chi connectivity index (χ2v) is 5.48. The molecule has 0 heterocycles. The third kappa shape index (κ3) is 2.84. The van der Waals surface area contributed by atoms with Crippen molar-refractivity contribution in [3.63, 3.8) is 0 Å². The third-order valence-corrected chi connectivity index (χ3v) is 2.66. The highest BCUT2D eigenvalue weighted by molar-refractivity contribution is 5.90. The number of ether oxygens (including phenoxy) is 1. The summed E-state index contributed by atoms with van der Waals surface area (Å²) in [4.78, 5) is 11.8. The van der Waals surface area contributed by atoms with Crippen LogP contribution in [0, 0.1) is 5.82 Å². The van der Waals surface area contributed by atoms with Crippen LogP contribution in [0.4, 0.5) is 4.39 Å². The average Bonchev–Trinajstić information content (AvgIpc) is 2.98. The Morgan fingerprint density at radius 2 is 2.00 bits per heavy atom. The molecule has 0 atom stereocenters. The van der Waals surface area contributed by atoms with Gasteiger partial charge in [-0.1, -0.05) is 12.1 Å². The second kappa shape index (κ2) is 4.13. The lowest BCUT2D eigenvalue weighted by atomic mass is 10.1. The minimum Gasteiger partial charge on any atom is -0.456 e. The number of halogens is 1. The SMILES string of the molecule is CC(C)(C)OC(=O)c1cccc(C2CC2)c1F. The Morgan fingerprint density at radius 3 is 2.53 bits per heavy atom. The second-order valence-electron chi connectivity index (χ2n) is 5.48. The molecule has 0 spiro atoms. The Labute approximate surface area is 101 Å². The molecular formula is C14H17FO2. The average molecular weight is 236 g/mol. The van der Waals surface area contributed by atoms with E-state index in [1.54, 1.807) is 32.9 Å². The van der Waals surface area contributed by atoms with Gasteiger partial charge in [0.1, 0.15) is 11.4 Å². The van der Waals surface area contributed by atoms with Gasteiger partial charge in [0.2, 0.25) is 0 Å². The molecule has 1 aromatic carbocycles. The fourth-order valence-electron chi connectivity index (χ4n) is 1.75. The van der Waals surface area contributed by atoms with E-state index in [0.717, 1.165) is 12.8 Å². The summed E-state index contributed by atoms with van der Waals surface area (Å²) in [7, 11) is 0. The summed E-state index contributed by atoms with van der Waals surface area (Å²) in [6.45, 7) is 5.31. The molecule has 1 fully saturated rings. The van der Waals surface area contributed by atoms with E-state index in [4.69, 9.17) is 4.74 Å². The van der Waals surface area contributed by atoms with Crippen LogP contribution in [-0.2, 0) is 4.74 Å². The molecular weight excluding hydrogens is 219 g/mol. The highest BCUT2D eigenvalue weighted by Crippen LogP contribution is 2.41. The minimum absolute atomic E-state index is 0.0457. The molecule has 1 saturated carbocycles. The predicted octanol–water partition coefficient (Wildman–Crippen LogP) is 3.66. The molecule has 0 N–H and O–H groups in total. The number of esters is 1. The van der Waals surface area contributed by atoms with Crippen molar-refractivity contribution in [3.8, 4) is 0 Å². The highest BCUT2D eigenvalue weighted by atomic mass is 19.1. The Morgan fingerprint density at radius 1 is 1.35 bits per heavy atom. The monoisotopic (exact) mass is 236 g/mol. The van der Waals surface area contributed by atoms with Crippen LogP contribution in [0.3, 0.4) is 0 Å². The lowest BCUT2D eigenvalue weighted by molar-refractivity contribution is 0.00645. The molecule has 0 radical (unpaired) electrons. The van der Waals surface area contributed by atoms with Gasteiger partial charge in [-0.2, -0.15) is 0 Å². The van der Waals surface area contributed by atoms with Gasteiger partial charge in [0.15, 0.2) is 0 Å². The maximum Gasteiger partial charge on any atom is 0.341 e. The van der Waals surface area contributed by atoms with E-state index >= 15 is 0 Å². The summed E-state index contributed by atoms with van der Waals surface area (Å²) in [5.74, 6) is -0.709. The molecule has 0 unspecified atom stereocenters. The van der Waals surface area contributed by atoms with Gasteiger partial charge in [-0.25, -0.2) is 9.18 Å². The first-order valence-electron chi connectivity index (χ1n) is 5.90. The maximum absolute atomic E-state index is 14.1. The molecule has 0 saturated heterocycles. The number of rotatable bonds is 2. The number of benzene rings is 1. The van der Waals surface area contributed by atoms with E-state index in [1.807, 2.05) is 0 Å². The zero-order valence-electron chi connectivity index (χ0n) is 10.4. The number of carbonyl (C=O) groups is 1. The van der Waals surface area contributed by atoms with E-state index in [1.165, 1.54) is 6.07 Å². The Kier molecular flexibility index (Phi) is 2.94. The zero-order valence-corrected chi connectivity index (χ0v) is 10.4. The van der Waals surface area contributed by atoms with Crippen LogP contribution < -0.4 is 0 Å². The normalized spacial score (nSPS) is 15.8. The van der Waals surface area contributed by atoms with Crippen molar-refractivity contribution in [1.82, 2.24) is 0 Å². The quantitative estimate of drug-likeness (QED) is 0.732. The van der Waals surface area contributed by atoms with Gasteiger partial charge in [-0.05, 0) is 51.2 Å². The van der Waals surface area contributed by atoms with Gasteiger partial charge in [-0.3, -0.25) is 0 Å². The van der Waals surface area contributed by atoms with Crippen molar-refractivity contribution in [2.75, 3.05) is 0 Å². The van der Waals surface area contributed by atoms with Gasteiger partial charge in [0, 0.05) is 0 Å². The maximum atomic E-state index is 14.1. The van der Waals surface area contributed by atoms with Gasteiger partial charge in [0.25, 0.3) is 0 Å². The van der Waals surface area contributed by atoms with Crippen LogP contribution in [0.15, 0.2) is 18.2 Å². The Balaban J connectivity index is 2.26. The Hall–Kier alpha value is -1.38. The van der Waals surface area contributed by atoms with Crippen molar-refractivity contribution in [1.29, 1.82) is 0 Å². The lowest BCUT2D eigenvalue weighted by Crippen LogP contribution is -2.24. The van der Waals surface area contributed by atoms with Crippen LogP contribution in [-0.4, -0.2) is 11.6 Å². The van der Waals surface area contributed by atoms with Crippen molar-refractivity contribution >= 4 is 5.97 Å². The first kappa shape index (κ1) is 12.1. The molecule has 3 heteroatoms. The Bertz CT molecular complexity index is 442. The summed E-state index contributed by atoms with van der Waals surface area (Å²) in [6, 6.07) is 4.95. The molecule has 2 nitrogen and oxygen atoms in total. The van der Waals surface area contributed by atoms with Crippen molar-refractivity contribution in [2.45, 2.75) is 45.1 Å².